The summed E-state index contributed by atoms with van der Waals surface area (Å²) in [6, 6.07) is 0. The Balaban J connectivity index is 0.000000270. The Kier molecular flexibility index (Phi) is 5.31. The number of aliphatic hydroxyl groups is 3. The molecule has 7 nitrogen and oxygen atoms in total. The molecule has 10 heteroatoms. The molecule has 1 fully saturated rings. The number of carbonyl (C=O) groups is 1. The van der Waals surface area contributed by atoms with Crippen molar-refractivity contribution in [1.29, 1.82) is 0 Å². The zero-order valence-corrected chi connectivity index (χ0v) is 10.8. The highest BCUT2D eigenvalue weighted by atomic mass is 19.4. The Bertz CT molecular complexity index is 490. The lowest BCUT2D eigenvalue weighted by Gasteiger charge is -2.26. The summed E-state index contributed by atoms with van der Waals surface area (Å²) in [5, 5.41) is 39.6. The van der Waals surface area contributed by atoms with Gasteiger partial charge in [0.15, 0.2) is 5.72 Å². The lowest BCUT2D eigenvalue weighted by molar-refractivity contribution is -0.192. The minimum atomic E-state index is -5.08. The number of carboxylic acids is 1. The van der Waals surface area contributed by atoms with Crippen LogP contribution in [-0.2, 0) is 17.1 Å². The third-order valence-electron chi connectivity index (χ3n) is 3.01. The van der Waals surface area contributed by atoms with E-state index in [4.69, 9.17) is 15.0 Å². The van der Waals surface area contributed by atoms with Gasteiger partial charge in [-0.05, 0) is 19.3 Å². The summed E-state index contributed by atoms with van der Waals surface area (Å²) in [7, 11) is 0. The second-order valence-corrected chi connectivity index (χ2v) is 4.54. The van der Waals surface area contributed by atoms with Gasteiger partial charge in [0, 0.05) is 11.8 Å². The second-order valence-electron chi connectivity index (χ2n) is 4.54. The molecule has 0 aliphatic heterocycles. The van der Waals surface area contributed by atoms with Crippen LogP contribution in [0.3, 0.4) is 0 Å². The normalized spacial score (nSPS) is 25.3. The van der Waals surface area contributed by atoms with Crippen molar-refractivity contribution in [2.45, 2.75) is 43.9 Å². The fourth-order valence-electron chi connectivity index (χ4n) is 1.87. The molecule has 4 N–H and O–H groups in total. The van der Waals surface area contributed by atoms with Crippen molar-refractivity contribution in [1.82, 2.24) is 9.78 Å². The Labute approximate surface area is 117 Å². The highest BCUT2D eigenvalue weighted by Crippen LogP contribution is 2.33. The van der Waals surface area contributed by atoms with Crippen molar-refractivity contribution in [2.24, 2.45) is 0 Å². The molecule has 2 unspecified atom stereocenters. The monoisotopic (exact) mass is 312 g/mol. The highest BCUT2D eigenvalue weighted by Gasteiger charge is 2.42. The van der Waals surface area contributed by atoms with Crippen molar-refractivity contribution < 1.29 is 38.4 Å². The summed E-state index contributed by atoms with van der Waals surface area (Å²) in [6.45, 7) is -0.105. The van der Waals surface area contributed by atoms with Gasteiger partial charge in [-0.15, -0.1) is 0 Å². The van der Waals surface area contributed by atoms with Gasteiger partial charge in [0.1, 0.15) is 6.10 Å². The lowest BCUT2D eigenvalue weighted by Crippen LogP contribution is -2.41. The standard InChI is InChI=1S/C9H14N2O3.C2HF3O2/c12-6-7-4-10-11(5-7)9(14)3-1-2-8(9)13;3-2(4,5)1(6)7/h4-5,8,12-14H,1-3,6H2;(H,6,7). The predicted molar refractivity (Wildman–Crippen MR) is 61.9 cm³/mol. The molecule has 1 saturated carbocycles. The van der Waals surface area contributed by atoms with Crippen LogP contribution in [-0.4, -0.2) is 48.5 Å². The second kappa shape index (κ2) is 6.41. The molecule has 0 bridgehead atoms. The maximum Gasteiger partial charge on any atom is 0.490 e. The topological polar surface area (TPSA) is 116 Å². The molecule has 1 heterocycles. The Hall–Kier alpha value is -1.65. The van der Waals surface area contributed by atoms with Crippen molar-refractivity contribution in [3.05, 3.63) is 18.0 Å². The first-order valence-electron chi connectivity index (χ1n) is 5.96. The molecule has 1 aromatic heterocycles. The van der Waals surface area contributed by atoms with E-state index in [1.54, 1.807) is 6.20 Å². The molecule has 120 valence electrons. The fraction of sp³-hybridized carbons (Fsp3) is 0.636. The van der Waals surface area contributed by atoms with Crippen LogP contribution >= 0.6 is 0 Å². The molecule has 0 saturated heterocycles. The van der Waals surface area contributed by atoms with E-state index in [1.807, 2.05) is 0 Å². The number of alkyl halides is 3. The lowest BCUT2D eigenvalue weighted by atomic mass is 10.1. The maximum absolute atomic E-state index is 10.6. The number of aromatic nitrogens is 2. The van der Waals surface area contributed by atoms with Gasteiger partial charge in [0.2, 0.25) is 0 Å². The zero-order chi connectivity index (χ0) is 16.3. The molecule has 1 aromatic rings. The number of aliphatic carboxylic acids is 1. The smallest absolute Gasteiger partial charge is 0.475 e. The van der Waals surface area contributed by atoms with Crippen LogP contribution in [0.15, 0.2) is 12.4 Å². The quantitative estimate of drug-likeness (QED) is 0.620. The summed E-state index contributed by atoms with van der Waals surface area (Å²) in [5.74, 6) is -2.76. The first kappa shape index (κ1) is 17.4. The fourth-order valence-corrected chi connectivity index (χ4v) is 1.87. The van der Waals surface area contributed by atoms with Crippen LogP contribution in [0.25, 0.3) is 0 Å². The summed E-state index contributed by atoms with van der Waals surface area (Å²) in [6.07, 6.45) is -0.927. The van der Waals surface area contributed by atoms with Crippen LogP contribution in [0.5, 0.6) is 0 Å². The number of carboxylic acid groups (broad SMARTS) is 1. The molecule has 0 aromatic carbocycles. The maximum atomic E-state index is 10.6. The molecule has 0 amide bonds. The SMILES string of the molecule is O=C(O)C(F)(F)F.OCc1cnn(C2(O)CCCC2O)c1. The predicted octanol–water partition coefficient (Wildman–Crippen LogP) is 0.199. The van der Waals surface area contributed by atoms with E-state index in [0.717, 1.165) is 6.42 Å². The minimum absolute atomic E-state index is 0.105. The number of aliphatic hydroxyl groups excluding tert-OH is 2. The van der Waals surface area contributed by atoms with Gasteiger partial charge in [-0.25, -0.2) is 9.48 Å². The van der Waals surface area contributed by atoms with Gasteiger partial charge in [-0.2, -0.15) is 18.3 Å². The Morgan fingerprint density at radius 3 is 2.43 bits per heavy atom. The minimum Gasteiger partial charge on any atom is -0.475 e. The van der Waals surface area contributed by atoms with Crippen LogP contribution in [0.1, 0.15) is 24.8 Å². The zero-order valence-electron chi connectivity index (χ0n) is 10.8. The van der Waals surface area contributed by atoms with E-state index in [1.165, 1.54) is 10.9 Å². The number of rotatable bonds is 2. The van der Waals surface area contributed by atoms with Gasteiger partial charge in [-0.3, -0.25) is 0 Å². The largest absolute Gasteiger partial charge is 0.490 e. The Morgan fingerprint density at radius 2 is 2.10 bits per heavy atom. The van der Waals surface area contributed by atoms with Gasteiger partial charge in [0.25, 0.3) is 0 Å². The summed E-state index contributed by atoms with van der Waals surface area (Å²) >= 11 is 0. The summed E-state index contributed by atoms with van der Waals surface area (Å²) < 4.78 is 33.1. The van der Waals surface area contributed by atoms with Crippen molar-refractivity contribution in [2.75, 3.05) is 0 Å². The van der Waals surface area contributed by atoms with Crippen LogP contribution in [0.4, 0.5) is 13.2 Å². The number of hydrogen-bond acceptors (Lipinski definition) is 5. The van der Waals surface area contributed by atoms with Crippen LogP contribution in [0, 0.1) is 0 Å². The summed E-state index contributed by atoms with van der Waals surface area (Å²) in [4.78, 5) is 8.90. The van der Waals surface area contributed by atoms with Crippen molar-refractivity contribution >= 4 is 5.97 Å². The highest BCUT2D eigenvalue weighted by molar-refractivity contribution is 5.73. The Morgan fingerprint density at radius 1 is 1.52 bits per heavy atom. The van der Waals surface area contributed by atoms with Gasteiger partial charge in [-0.1, -0.05) is 0 Å². The average molecular weight is 312 g/mol. The van der Waals surface area contributed by atoms with Crippen LogP contribution < -0.4 is 0 Å². The summed E-state index contributed by atoms with van der Waals surface area (Å²) in [5.41, 5.74) is -0.648. The molecule has 21 heavy (non-hydrogen) atoms. The van der Waals surface area contributed by atoms with E-state index in [9.17, 15) is 23.4 Å². The van der Waals surface area contributed by atoms with Gasteiger partial charge < -0.3 is 20.4 Å². The molecule has 1 aliphatic carbocycles. The molecule has 2 atom stereocenters. The van der Waals surface area contributed by atoms with E-state index in [-0.39, 0.29) is 6.61 Å². The van der Waals surface area contributed by atoms with Crippen molar-refractivity contribution in [3.8, 4) is 0 Å². The molecule has 0 spiro atoms. The third-order valence-corrected chi connectivity index (χ3v) is 3.01. The van der Waals surface area contributed by atoms with E-state index >= 15 is 0 Å². The number of nitrogens with zero attached hydrogens (tertiary/aromatic N) is 2. The van der Waals surface area contributed by atoms with E-state index < -0.39 is 24.0 Å². The average Bonchev–Trinajstić information content (AvgIpc) is 2.98. The molecule has 0 radical (unpaired) electrons. The third kappa shape index (κ3) is 4.16. The van der Waals surface area contributed by atoms with E-state index in [0.29, 0.717) is 18.4 Å². The molecular weight excluding hydrogens is 297 g/mol. The van der Waals surface area contributed by atoms with Gasteiger partial charge in [0.05, 0.1) is 12.8 Å². The van der Waals surface area contributed by atoms with E-state index in [2.05, 4.69) is 5.10 Å². The molecule has 2 rings (SSSR count). The van der Waals surface area contributed by atoms with Crippen molar-refractivity contribution in [3.63, 3.8) is 0 Å². The first-order valence-corrected chi connectivity index (χ1v) is 5.96. The number of hydrogen-bond donors (Lipinski definition) is 4. The first-order chi connectivity index (χ1) is 9.61. The number of halogens is 3. The van der Waals surface area contributed by atoms with Crippen LogP contribution in [0.2, 0.25) is 0 Å². The van der Waals surface area contributed by atoms with Gasteiger partial charge >= 0.3 is 12.1 Å². The molecule has 1 aliphatic rings. The molecular formula is C11H15F3N2O5.